The highest BCUT2D eigenvalue weighted by molar-refractivity contribution is 9.10. The summed E-state index contributed by atoms with van der Waals surface area (Å²) in [6, 6.07) is 7.55. The molecule has 0 aliphatic carbocycles. The van der Waals surface area contributed by atoms with Crippen molar-refractivity contribution < 1.29 is 14.3 Å². The predicted molar refractivity (Wildman–Crippen MR) is 96.6 cm³/mol. The van der Waals surface area contributed by atoms with Gasteiger partial charge in [0.2, 0.25) is 0 Å². The monoisotopic (exact) mass is 397 g/mol. The highest BCUT2D eigenvalue weighted by Crippen LogP contribution is 2.37. The van der Waals surface area contributed by atoms with E-state index in [2.05, 4.69) is 15.9 Å². The topological polar surface area (TPSA) is 38.8 Å². The molecule has 4 nitrogen and oxygen atoms in total. The second-order valence-corrected chi connectivity index (χ2v) is 6.71. The van der Waals surface area contributed by atoms with Gasteiger partial charge in [0.25, 0.3) is 5.91 Å². The first-order valence-electron chi connectivity index (χ1n) is 7.42. The van der Waals surface area contributed by atoms with Gasteiger partial charge in [-0.2, -0.15) is 0 Å². The summed E-state index contributed by atoms with van der Waals surface area (Å²) >= 11 is 5.12. The van der Waals surface area contributed by atoms with Gasteiger partial charge in [-0.3, -0.25) is 4.79 Å². The maximum Gasteiger partial charge on any atom is 0.254 e. The molecule has 0 fully saturated rings. The molecule has 0 aliphatic rings. The van der Waals surface area contributed by atoms with Crippen LogP contribution in [0.5, 0.6) is 11.5 Å². The Morgan fingerprint density at radius 3 is 2.70 bits per heavy atom. The molecule has 124 valence electrons. The maximum absolute atomic E-state index is 12.8. The molecule has 0 saturated heterocycles. The van der Waals surface area contributed by atoms with Gasteiger partial charge >= 0.3 is 0 Å². The molecule has 0 spiro atoms. The molecule has 1 heterocycles. The van der Waals surface area contributed by atoms with Crippen molar-refractivity contribution >= 4 is 33.2 Å². The van der Waals surface area contributed by atoms with Crippen LogP contribution in [0.15, 0.2) is 34.1 Å². The fraction of sp³-hybridized carbons (Fsp3) is 0.353. The Hall–Kier alpha value is -1.53. The molecule has 0 radical (unpaired) electrons. The van der Waals surface area contributed by atoms with Crippen molar-refractivity contribution in [1.29, 1.82) is 0 Å². The van der Waals surface area contributed by atoms with Crippen molar-refractivity contribution in [1.82, 2.24) is 4.90 Å². The lowest BCUT2D eigenvalue weighted by atomic mass is 10.1. The summed E-state index contributed by atoms with van der Waals surface area (Å²) in [4.78, 5) is 15.8. The van der Waals surface area contributed by atoms with Gasteiger partial charge in [-0.25, -0.2) is 0 Å². The average Bonchev–Trinajstić information content (AvgIpc) is 3.06. The van der Waals surface area contributed by atoms with Crippen LogP contribution in [-0.4, -0.2) is 31.1 Å². The second-order valence-electron chi connectivity index (χ2n) is 4.82. The number of rotatable bonds is 7. The Labute approximate surface area is 149 Å². The SMILES string of the molecule is CCOc1c(Br)cc(C(=O)N(CC)Cc2cccs2)cc1OC. The summed E-state index contributed by atoms with van der Waals surface area (Å²) in [7, 11) is 1.57. The van der Waals surface area contributed by atoms with E-state index >= 15 is 0 Å². The van der Waals surface area contributed by atoms with Crippen LogP contribution >= 0.6 is 27.3 Å². The third kappa shape index (κ3) is 4.26. The van der Waals surface area contributed by atoms with Gasteiger partial charge in [0.15, 0.2) is 11.5 Å². The quantitative estimate of drug-likeness (QED) is 0.685. The Morgan fingerprint density at radius 1 is 1.35 bits per heavy atom. The molecule has 6 heteroatoms. The molecule has 1 aromatic heterocycles. The van der Waals surface area contributed by atoms with Gasteiger partial charge in [-0.15, -0.1) is 11.3 Å². The number of nitrogens with zero attached hydrogens (tertiary/aromatic N) is 1. The van der Waals surface area contributed by atoms with Gasteiger partial charge in [0, 0.05) is 17.0 Å². The molecule has 2 rings (SSSR count). The second kappa shape index (κ2) is 8.36. The van der Waals surface area contributed by atoms with Crippen LogP contribution in [0.3, 0.4) is 0 Å². The Bertz CT molecular complexity index is 658. The number of hydrogen-bond acceptors (Lipinski definition) is 4. The largest absolute Gasteiger partial charge is 0.493 e. The zero-order valence-electron chi connectivity index (χ0n) is 13.5. The van der Waals surface area contributed by atoms with Crippen LogP contribution < -0.4 is 9.47 Å². The van der Waals surface area contributed by atoms with Crippen LogP contribution in [-0.2, 0) is 6.54 Å². The lowest BCUT2D eigenvalue weighted by molar-refractivity contribution is 0.0753. The molecule has 0 atom stereocenters. The fourth-order valence-electron chi connectivity index (χ4n) is 2.23. The van der Waals surface area contributed by atoms with E-state index in [1.165, 1.54) is 0 Å². The summed E-state index contributed by atoms with van der Waals surface area (Å²) in [5, 5.41) is 2.02. The van der Waals surface area contributed by atoms with Gasteiger partial charge in [-0.1, -0.05) is 6.07 Å². The van der Waals surface area contributed by atoms with Gasteiger partial charge in [0.05, 0.1) is 24.7 Å². The number of benzene rings is 1. The van der Waals surface area contributed by atoms with E-state index in [1.54, 1.807) is 30.6 Å². The van der Waals surface area contributed by atoms with Crippen LogP contribution in [0.1, 0.15) is 29.1 Å². The Balaban J connectivity index is 2.28. The first-order chi connectivity index (χ1) is 11.1. The van der Waals surface area contributed by atoms with Gasteiger partial charge in [0.1, 0.15) is 0 Å². The summed E-state index contributed by atoms with van der Waals surface area (Å²) < 4.78 is 11.7. The first kappa shape index (κ1) is 17.8. The molecule has 0 saturated carbocycles. The van der Waals surface area contributed by atoms with E-state index in [4.69, 9.17) is 9.47 Å². The van der Waals surface area contributed by atoms with E-state index in [9.17, 15) is 4.79 Å². The lowest BCUT2D eigenvalue weighted by Gasteiger charge is -2.21. The summed E-state index contributed by atoms with van der Waals surface area (Å²) in [5.41, 5.74) is 0.579. The van der Waals surface area contributed by atoms with Gasteiger partial charge in [-0.05, 0) is 53.4 Å². The van der Waals surface area contributed by atoms with Crippen LogP contribution in [0, 0.1) is 0 Å². The number of thiophene rings is 1. The number of halogens is 1. The van der Waals surface area contributed by atoms with Crippen molar-refractivity contribution in [3.63, 3.8) is 0 Å². The number of ether oxygens (including phenoxy) is 2. The molecule has 23 heavy (non-hydrogen) atoms. The minimum Gasteiger partial charge on any atom is -0.493 e. The summed E-state index contributed by atoms with van der Waals surface area (Å²) in [6.45, 7) is 5.67. The maximum atomic E-state index is 12.8. The minimum absolute atomic E-state index is 0.0250. The normalized spacial score (nSPS) is 10.4. The summed E-state index contributed by atoms with van der Waals surface area (Å²) in [5.74, 6) is 1.15. The predicted octanol–water partition coefficient (Wildman–Crippen LogP) is 4.58. The van der Waals surface area contributed by atoms with Crippen molar-refractivity contribution in [2.24, 2.45) is 0 Å². The van der Waals surface area contributed by atoms with E-state index in [-0.39, 0.29) is 5.91 Å². The van der Waals surface area contributed by atoms with Crippen LogP contribution in [0.4, 0.5) is 0 Å². The molecule has 0 aliphatic heterocycles. The third-order valence-electron chi connectivity index (χ3n) is 3.36. The zero-order chi connectivity index (χ0) is 16.8. The summed E-state index contributed by atoms with van der Waals surface area (Å²) in [6.07, 6.45) is 0. The fourth-order valence-corrected chi connectivity index (χ4v) is 3.50. The lowest BCUT2D eigenvalue weighted by Crippen LogP contribution is -2.30. The highest BCUT2D eigenvalue weighted by Gasteiger charge is 2.19. The van der Waals surface area contributed by atoms with Crippen molar-refractivity contribution in [3.05, 3.63) is 44.6 Å². The van der Waals surface area contributed by atoms with Gasteiger partial charge < -0.3 is 14.4 Å². The molecular weight excluding hydrogens is 378 g/mol. The standard InChI is InChI=1S/C17H20BrNO3S/c1-4-19(11-13-7-6-8-23-13)17(20)12-9-14(18)16(22-5-2)15(10-12)21-3/h6-10H,4-5,11H2,1-3H3. The highest BCUT2D eigenvalue weighted by atomic mass is 79.9. The molecule has 1 amide bonds. The smallest absolute Gasteiger partial charge is 0.254 e. The van der Waals surface area contributed by atoms with Crippen LogP contribution in [0.2, 0.25) is 0 Å². The molecular formula is C17H20BrNO3S. The Morgan fingerprint density at radius 2 is 2.13 bits per heavy atom. The zero-order valence-corrected chi connectivity index (χ0v) is 15.9. The number of carbonyl (C=O) groups is 1. The van der Waals surface area contributed by atoms with Crippen LogP contribution in [0.25, 0.3) is 0 Å². The number of methoxy groups -OCH3 is 1. The van der Waals surface area contributed by atoms with Crippen molar-refractivity contribution in [2.75, 3.05) is 20.3 Å². The Kier molecular flexibility index (Phi) is 6.47. The van der Waals surface area contributed by atoms with E-state index in [1.807, 2.05) is 36.3 Å². The molecule has 0 N–H and O–H groups in total. The first-order valence-corrected chi connectivity index (χ1v) is 9.09. The molecule has 2 aromatic rings. The minimum atomic E-state index is -0.0250. The molecule has 0 bridgehead atoms. The average molecular weight is 398 g/mol. The third-order valence-corrected chi connectivity index (χ3v) is 4.81. The number of hydrogen-bond donors (Lipinski definition) is 0. The van der Waals surface area contributed by atoms with Crippen molar-refractivity contribution in [3.8, 4) is 11.5 Å². The number of amides is 1. The molecule has 1 aromatic carbocycles. The number of carbonyl (C=O) groups excluding carboxylic acids is 1. The van der Waals surface area contributed by atoms with E-state index in [0.29, 0.717) is 41.2 Å². The van der Waals surface area contributed by atoms with E-state index < -0.39 is 0 Å². The van der Waals surface area contributed by atoms with Crippen molar-refractivity contribution in [2.45, 2.75) is 20.4 Å². The molecule has 0 unspecified atom stereocenters. The van der Waals surface area contributed by atoms with E-state index in [0.717, 1.165) is 4.88 Å².